The van der Waals surface area contributed by atoms with E-state index in [1.807, 2.05) is 73.6 Å². The Morgan fingerprint density at radius 2 is 1.36 bits per heavy atom. The lowest BCUT2D eigenvalue weighted by molar-refractivity contribution is -0.116. The number of aryl methyl sites for hydroxylation is 1. The number of nitrogens with one attached hydrogen (secondary N) is 4. The van der Waals surface area contributed by atoms with Gasteiger partial charge in [-0.15, -0.1) is 5.11 Å². The second-order valence-electron chi connectivity index (χ2n) is 18.0. The van der Waals surface area contributed by atoms with E-state index in [4.69, 9.17) is 0 Å². The van der Waals surface area contributed by atoms with Crippen LogP contribution >= 0.6 is 0 Å². The summed E-state index contributed by atoms with van der Waals surface area (Å²) in [6.45, 7) is 16.2. The van der Waals surface area contributed by atoms with Gasteiger partial charge in [0.15, 0.2) is 11.4 Å². The number of aromatic nitrogens is 3. The number of imide groups is 1. The lowest BCUT2D eigenvalue weighted by atomic mass is 9.75. The van der Waals surface area contributed by atoms with E-state index in [0.29, 0.717) is 52.6 Å². The fraction of sp³-hybridized carbons (Fsp3) is 0.340. The molecule has 0 fully saturated rings. The average Bonchev–Trinajstić information content (AvgIpc) is 3.68. The number of benzene rings is 4. The van der Waals surface area contributed by atoms with Gasteiger partial charge in [0.05, 0.1) is 33.4 Å². The van der Waals surface area contributed by atoms with E-state index in [0.717, 1.165) is 22.3 Å². The first-order chi connectivity index (χ1) is 28.7. The highest BCUT2D eigenvalue weighted by Gasteiger charge is 2.42. The molecule has 14 nitrogen and oxygen atoms in total. The summed E-state index contributed by atoms with van der Waals surface area (Å²) in [4.78, 5) is 75.2. The number of rotatable bonds is 11. The number of aromatic amines is 3. The number of hydrogen-bond donors (Lipinski definition) is 6. The van der Waals surface area contributed by atoms with Crippen molar-refractivity contribution in [3.63, 3.8) is 0 Å². The molecule has 2 aromatic heterocycles. The van der Waals surface area contributed by atoms with Crippen molar-refractivity contribution in [2.75, 3.05) is 11.9 Å². The van der Waals surface area contributed by atoms with Crippen molar-refractivity contribution in [2.24, 2.45) is 10.2 Å². The van der Waals surface area contributed by atoms with E-state index in [-0.39, 0.29) is 63.7 Å². The number of azo groups is 1. The Labute approximate surface area is 352 Å². The molecule has 0 saturated heterocycles. The summed E-state index contributed by atoms with van der Waals surface area (Å²) in [5.41, 5.74) is 3.33. The first-order valence-electron chi connectivity index (χ1n) is 20.4. The molecule has 14 heteroatoms. The van der Waals surface area contributed by atoms with Crippen molar-refractivity contribution in [3.05, 3.63) is 121 Å². The molecule has 1 aliphatic rings. The number of hydrogen-bond acceptors (Lipinski definition) is 9. The largest absolute Gasteiger partial charge is 0.507 e. The van der Waals surface area contributed by atoms with Crippen LogP contribution in [0, 0.1) is 0 Å². The molecule has 3 amide bonds. The van der Waals surface area contributed by atoms with Gasteiger partial charge >= 0.3 is 5.69 Å². The summed E-state index contributed by atoms with van der Waals surface area (Å²) < 4.78 is 0. The molecule has 4 aromatic carbocycles. The van der Waals surface area contributed by atoms with Crippen LogP contribution in [0.15, 0.2) is 86.5 Å². The number of imidazole rings is 1. The molecule has 0 unspecified atom stereocenters. The van der Waals surface area contributed by atoms with Gasteiger partial charge in [-0.2, -0.15) is 5.11 Å². The maximum atomic E-state index is 14.0. The van der Waals surface area contributed by atoms with Crippen LogP contribution in [0.5, 0.6) is 11.5 Å². The summed E-state index contributed by atoms with van der Waals surface area (Å²) in [5.74, 6) is -1.25. The van der Waals surface area contributed by atoms with Crippen LogP contribution in [0.1, 0.15) is 118 Å². The van der Waals surface area contributed by atoms with E-state index >= 15 is 0 Å². The zero-order chi connectivity index (χ0) is 44.2. The number of carbonyl (C=O) groups is 3. The number of carbonyl (C=O) groups excluding carboxylic acids is 3. The van der Waals surface area contributed by atoms with Gasteiger partial charge in [-0.1, -0.05) is 73.6 Å². The topological polar surface area (TPSA) is 213 Å². The summed E-state index contributed by atoms with van der Waals surface area (Å²) in [6, 6.07) is 18.7. The maximum absolute atomic E-state index is 14.0. The van der Waals surface area contributed by atoms with Gasteiger partial charge in [0, 0.05) is 29.5 Å². The first kappa shape index (κ1) is 42.3. The SMILES string of the molecule is CCC(CC)(CN1C(=O)c2ccc(NC(=O)CCc3cc(C(C)(C)C)c(O)c(C(C)(C)C)c3)cc2C1=O)c1ccc2c(O)c(N=Nc3ccc4[nH]c(=O)[nH]c4c3)c(=O)[nH]c2c1. The molecule has 0 radical (unpaired) electrons. The standard InChI is InChI=1S/C47H51N7O7/c1-9-47(10-2,26-12-15-30-35(21-26)49-41(58)38(39(30)56)53-52-28-14-17-34-36(23-28)51-44(61)50-34)24-54-42(59)29-16-13-27(22-31(29)43(54)60)48-37(55)18-11-25-19-32(45(3,4)5)40(57)33(20-25)46(6,7)8/h12-17,19-23,57H,9-11,18,24H2,1-8H3,(H,48,55)(H2,49,56,58)(H2,50,51,61). The number of pyridine rings is 1. The Balaban J connectivity index is 1.08. The molecule has 316 valence electrons. The average molecular weight is 826 g/mol. The van der Waals surface area contributed by atoms with Crippen molar-refractivity contribution in [1.29, 1.82) is 0 Å². The molecule has 0 bridgehead atoms. The molecule has 6 N–H and O–H groups in total. The molecule has 61 heavy (non-hydrogen) atoms. The van der Waals surface area contributed by atoms with Gasteiger partial charge in [0.25, 0.3) is 17.4 Å². The lowest BCUT2D eigenvalue weighted by Crippen LogP contribution is -2.43. The van der Waals surface area contributed by atoms with Crippen LogP contribution in [0.3, 0.4) is 0 Å². The zero-order valence-electron chi connectivity index (χ0n) is 35.7. The second kappa shape index (κ2) is 15.6. The van der Waals surface area contributed by atoms with E-state index in [1.165, 1.54) is 4.90 Å². The quantitative estimate of drug-likeness (QED) is 0.0550. The molecule has 0 aliphatic carbocycles. The summed E-state index contributed by atoms with van der Waals surface area (Å²) >= 11 is 0. The minimum Gasteiger partial charge on any atom is -0.507 e. The van der Waals surface area contributed by atoms with Crippen LogP contribution in [0.25, 0.3) is 21.9 Å². The van der Waals surface area contributed by atoms with Gasteiger partial charge in [0.2, 0.25) is 5.91 Å². The van der Waals surface area contributed by atoms with Crippen molar-refractivity contribution in [3.8, 4) is 11.5 Å². The van der Waals surface area contributed by atoms with Crippen LogP contribution in [0.4, 0.5) is 17.1 Å². The van der Waals surface area contributed by atoms with Gasteiger partial charge in [-0.25, -0.2) is 4.79 Å². The minimum absolute atomic E-state index is 0.0541. The third kappa shape index (κ3) is 8.09. The monoisotopic (exact) mass is 825 g/mol. The summed E-state index contributed by atoms with van der Waals surface area (Å²) in [7, 11) is 0. The Bertz CT molecular complexity index is 2870. The third-order valence-electron chi connectivity index (χ3n) is 11.8. The Kier molecular flexibility index (Phi) is 10.9. The fourth-order valence-electron chi connectivity index (χ4n) is 8.14. The highest BCUT2D eigenvalue weighted by atomic mass is 16.3. The van der Waals surface area contributed by atoms with Crippen molar-refractivity contribution < 1.29 is 24.6 Å². The molecular formula is C47H51N7O7. The number of nitrogens with zero attached hydrogens (tertiary/aromatic N) is 3. The summed E-state index contributed by atoms with van der Waals surface area (Å²) in [6.07, 6.45) is 1.69. The molecule has 0 spiro atoms. The van der Waals surface area contributed by atoms with Crippen LogP contribution in [-0.4, -0.2) is 54.3 Å². The van der Waals surface area contributed by atoms with Crippen molar-refractivity contribution in [2.45, 2.75) is 97.3 Å². The Hall–Kier alpha value is -6.83. The predicted molar refractivity (Wildman–Crippen MR) is 236 cm³/mol. The highest BCUT2D eigenvalue weighted by molar-refractivity contribution is 6.22. The smallest absolute Gasteiger partial charge is 0.323 e. The van der Waals surface area contributed by atoms with E-state index in [9.17, 15) is 34.2 Å². The van der Waals surface area contributed by atoms with E-state index in [1.54, 1.807) is 48.5 Å². The minimum atomic E-state index is -0.713. The molecule has 6 aromatic rings. The van der Waals surface area contributed by atoms with Gasteiger partial charge in [-0.05, 0) is 101 Å². The van der Waals surface area contributed by atoms with Crippen LogP contribution < -0.4 is 16.6 Å². The van der Waals surface area contributed by atoms with Crippen molar-refractivity contribution in [1.82, 2.24) is 19.9 Å². The second-order valence-corrected chi connectivity index (χ2v) is 18.0. The molecular weight excluding hydrogens is 775 g/mol. The highest BCUT2D eigenvalue weighted by Crippen LogP contribution is 2.41. The van der Waals surface area contributed by atoms with Crippen LogP contribution in [-0.2, 0) is 27.5 Å². The Morgan fingerprint density at radius 1 is 0.705 bits per heavy atom. The van der Waals surface area contributed by atoms with Crippen LogP contribution in [0.2, 0.25) is 0 Å². The summed E-state index contributed by atoms with van der Waals surface area (Å²) in [5, 5.41) is 33.6. The lowest BCUT2D eigenvalue weighted by Gasteiger charge is -2.35. The molecule has 0 atom stereocenters. The van der Waals surface area contributed by atoms with Gasteiger partial charge < -0.3 is 30.5 Å². The van der Waals surface area contributed by atoms with Gasteiger partial charge in [-0.3, -0.25) is 24.1 Å². The third-order valence-corrected chi connectivity index (χ3v) is 11.8. The number of H-pyrrole nitrogens is 3. The van der Waals surface area contributed by atoms with E-state index in [2.05, 4.69) is 30.5 Å². The number of phenolic OH excluding ortho intramolecular Hbond substituents is 1. The van der Waals surface area contributed by atoms with E-state index < -0.39 is 22.8 Å². The normalized spacial score (nSPS) is 13.5. The van der Waals surface area contributed by atoms with Gasteiger partial charge in [0.1, 0.15) is 5.75 Å². The molecule has 3 heterocycles. The molecule has 0 saturated carbocycles. The zero-order valence-corrected chi connectivity index (χ0v) is 35.7. The maximum Gasteiger partial charge on any atom is 0.323 e. The molecule has 7 rings (SSSR count). The number of anilines is 1. The number of aromatic hydroxyl groups is 2. The Morgan fingerprint density at radius 3 is 2.02 bits per heavy atom. The number of fused-ring (bicyclic) bond motifs is 3. The predicted octanol–water partition coefficient (Wildman–Crippen LogP) is 9.04. The number of amides is 3. The number of phenols is 1. The fourth-order valence-corrected chi connectivity index (χ4v) is 8.14. The molecule has 1 aliphatic heterocycles. The first-order valence-corrected chi connectivity index (χ1v) is 20.4. The van der Waals surface area contributed by atoms with Crippen molar-refractivity contribution >= 4 is 56.7 Å².